The zero-order chi connectivity index (χ0) is 27.5. The molecule has 8 heteroatoms. The number of fused-ring (bicyclic) bond motifs is 1. The number of piperidine rings is 1. The second-order valence-electron chi connectivity index (χ2n) is 10.6. The highest BCUT2D eigenvalue weighted by atomic mass is 19.1. The molecule has 39 heavy (non-hydrogen) atoms. The van der Waals surface area contributed by atoms with E-state index in [4.69, 9.17) is 9.72 Å². The summed E-state index contributed by atoms with van der Waals surface area (Å²) in [6.07, 6.45) is 3.85. The largest absolute Gasteiger partial charge is 0.457 e. The highest BCUT2D eigenvalue weighted by Gasteiger charge is 2.24. The molecule has 1 aliphatic rings. The summed E-state index contributed by atoms with van der Waals surface area (Å²) in [7, 11) is 1.93. The summed E-state index contributed by atoms with van der Waals surface area (Å²) >= 11 is 0. The van der Waals surface area contributed by atoms with Crippen LogP contribution >= 0.6 is 0 Å². The van der Waals surface area contributed by atoms with Crippen LogP contribution in [0.2, 0.25) is 0 Å². The molecule has 204 valence electrons. The van der Waals surface area contributed by atoms with E-state index in [-0.39, 0.29) is 23.4 Å². The fraction of sp³-hybridized carbons (Fsp3) is 0.387. The lowest BCUT2D eigenvalue weighted by molar-refractivity contribution is -0.123. The number of aromatic nitrogens is 3. The number of pyridine rings is 1. The van der Waals surface area contributed by atoms with E-state index in [1.54, 1.807) is 18.3 Å². The van der Waals surface area contributed by atoms with Gasteiger partial charge in [-0.3, -0.25) is 9.78 Å². The monoisotopic (exact) mass is 529 g/mol. The van der Waals surface area contributed by atoms with Crippen LogP contribution in [0.25, 0.3) is 11.0 Å². The van der Waals surface area contributed by atoms with E-state index in [2.05, 4.69) is 22.1 Å². The lowest BCUT2D eigenvalue weighted by Gasteiger charge is -2.30. The fourth-order valence-corrected chi connectivity index (χ4v) is 5.19. The number of hydrogen-bond acceptors (Lipinski definition) is 6. The van der Waals surface area contributed by atoms with Gasteiger partial charge in [0.05, 0.1) is 16.7 Å². The molecule has 3 heterocycles. The van der Waals surface area contributed by atoms with Crippen molar-refractivity contribution in [3.8, 4) is 11.5 Å². The number of rotatable bonds is 9. The molecule has 1 aliphatic heterocycles. The van der Waals surface area contributed by atoms with E-state index in [9.17, 15) is 9.18 Å². The fourth-order valence-electron chi connectivity index (χ4n) is 5.19. The maximum absolute atomic E-state index is 14.1. The van der Waals surface area contributed by atoms with E-state index in [0.717, 1.165) is 54.9 Å². The first-order chi connectivity index (χ1) is 18.8. The number of aryl methyl sites for hydroxylation is 1. The summed E-state index contributed by atoms with van der Waals surface area (Å²) in [5, 5.41) is 3.31. The number of nitrogens with zero attached hydrogens (tertiary/aromatic N) is 4. The normalized spacial score (nSPS) is 14.7. The van der Waals surface area contributed by atoms with Gasteiger partial charge in [0.25, 0.3) is 0 Å². The molecule has 1 fully saturated rings. The number of nitrogens with one attached hydrogen (secondary N) is 1. The Balaban J connectivity index is 1.28. The summed E-state index contributed by atoms with van der Waals surface area (Å²) in [5.41, 5.74) is 3.87. The van der Waals surface area contributed by atoms with Gasteiger partial charge in [-0.1, -0.05) is 20.8 Å². The van der Waals surface area contributed by atoms with Crippen LogP contribution in [0.5, 0.6) is 11.5 Å². The van der Waals surface area contributed by atoms with Gasteiger partial charge >= 0.3 is 0 Å². The van der Waals surface area contributed by atoms with E-state index >= 15 is 0 Å². The Hall–Kier alpha value is -3.78. The van der Waals surface area contributed by atoms with Crippen molar-refractivity contribution in [1.29, 1.82) is 0 Å². The van der Waals surface area contributed by atoms with Gasteiger partial charge in [0, 0.05) is 43.4 Å². The highest BCUT2D eigenvalue weighted by Crippen LogP contribution is 2.30. The van der Waals surface area contributed by atoms with Gasteiger partial charge in [0.2, 0.25) is 5.95 Å². The van der Waals surface area contributed by atoms with Crippen LogP contribution in [-0.2, 0) is 18.3 Å². The number of carbonyl (C=O) groups is 1. The Morgan fingerprint density at radius 2 is 1.87 bits per heavy atom. The summed E-state index contributed by atoms with van der Waals surface area (Å²) < 4.78 is 22.2. The minimum atomic E-state index is -0.205. The van der Waals surface area contributed by atoms with Crippen LogP contribution in [0.3, 0.4) is 0 Å². The van der Waals surface area contributed by atoms with Gasteiger partial charge < -0.3 is 19.5 Å². The highest BCUT2D eigenvalue weighted by molar-refractivity contribution is 5.83. The average Bonchev–Trinajstić information content (AvgIpc) is 3.23. The van der Waals surface area contributed by atoms with E-state index < -0.39 is 0 Å². The van der Waals surface area contributed by atoms with E-state index in [1.807, 2.05) is 55.8 Å². The summed E-state index contributed by atoms with van der Waals surface area (Å²) in [6.45, 7) is 9.11. The predicted molar refractivity (Wildman–Crippen MR) is 152 cm³/mol. The van der Waals surface area contributed by atoms with Crippen LogP contribution < -0.4 is 10.1 Å². The molecule has 0 aliphatic carbocycles. The Morgan fingerprint density at radius 1 is 1.10 bits per heavy atom. The van der Waals surface area contributed by atoms with Crippen LogP contribution in [-0.4, -0.2) is 44.9 Å². The van der Waals surface area contributed by atoms with Crippen LogP contribution in [0, 0.1) is 11.7 Å². The van der Waals surface area contributed by atoms with Crippen molar-refractivity contribution in [1.82, 2.24) is 19.4 Å². The average molecular weight is 530 g/mol. The first kappa shape index (κ1) is 26.8. The molecule has 1 saturated heterocycles. The SMILES string of the molecule is CCN1CCC(C(=O)Cc2cc(Oc3ccc4c(c3)nc(Nc3ccc(F)c(C(C)C)c3)n4C)ccn2)CC1. The second-order valence-corrected chi connectivity index (χ2v) is 10.6. The molecule has 0 saturated carbocycles. The molecule has 1 N–H and O–H groups in total. The quantitative estimate of drug-likeness (QED) is 0.263. The van der Waals surface area contributed by atoms with Gasteiger partial charge in [-0.25, -0.2) is 9.37 Å². The topological polar surface area (TPSA) is 72.3 Å². The number of anilines is 2. The third-order valence-electron chi connectivity index (χ3n) is 7.60. The Bertz CT molecular complexity index is 1470. The van der Waals surface area contributed by atoms with Gasteiger partial charge in [-0.2, -0.15) is 0 Å². The third kappa shape index (κ3) is 6.11. The maximum Gasteiger partial charge on any atom is 0.208 e. The molecule has 2 aromatic carbocycles. The van der Waals surface area contributed by atoms with Gasteiger partial charge in [-0.15, -0.1) is 0 Å². The standard InChI is InChI=1S/C31H36FN5O2/c1-5-37-14-11-21(12-15-37)30(38)18-23-16-25(10-13-33-23)39-24-7-9-29-28(19-24)35-31(36(29)4)34-22-6-8-27(32)26(17-22)20(2)3/h6-10,13,16-17,19-21H,5,11-12,14-15,18H2,1-4H3,(H,34,35). The number of ether oxygens (including phenoxy) is 1. The second kappa shape index (κ2) is 11.5. The van der Waals surface area contributed by atoms with Gasteiger partial charge in [-0.05, 0) is 80.4 Å². The molecular formula is C31H36FN5O2. The van der Waals surface area contributed by atoms with Crippen LogP contribution in [0.1, 0.15) is 50.8 Å². The first-order valence-corrected chi connectivity index (χ1v) is 13.7. The summed E-state index contributed by atoms with van der Waals surface area (Å²) in [6, 6.07) is 14.4. The van der Waals surface area contributed by atoms with Crippen molar-refractivity contribution in [3.05, 3.63) is 71.8 Å². The molecule has 0 bridgehead atoms. The van der Waals surface area contributed by atoms with Crippen molar-refractivity contribution in [2.75, 3.05) is 25.0 Å². The summed E-state index contributed by atoms with van der Waals surface area (Å²) in [5.74, 6) is 2.17. The number of benzene rings is 2. The molecule has 5 rings (SSSR count). The number of halogens is 1. The molecular weight excluding hydrogens is 493 g/mol. The Kier molecular flexibility index (Phi) is 7.93. The van der Waals surface area contributed by atoms with Crippen LogP contribution in [0.4, 0.5) is 16.0 Å². The lowest BCUT2D eigenvalue weighted by Crippen LogP contribution is -2.36. The van der Waals surface area contributed by atoms with Crippen molar-refractivity contribution in [2.24, 2.45) is 13.0 Å². The smallest absolute Gasteiger partial charge is 0.208 e. The zero-order valence-corrected chi connectivity index (χ0v) is 23.1. The van der Waals surface area contributed by atoms with E-state index in [1.165, 1.54) is 6.07 Å². The van der Waals surface area contributed by atoms with Crippen molar-refractivity contribution in [3.63, 3.8) is 0 Å². The van der Waals surface area contributed by atoms with Crippen molar-refractivity contribution >= 4 is 28.5 Å². The minimum absolute atomic E-state index is 0.0812. The van der Waals surface area contributed by atoms with Crippen molar-refractivity contribution < 1.29 is 13.9 Å². The molecule has 0 spiro atoms. The number of carbonyl (C=O) groups excluding carboxylic acids is 1. The molecule has 2 aromatic heterocycles. The summed E-state index contributed by atoms with van der Waals surface area (Å²) in [4.78, 5) is 24.4. The first-order valence-electron chi connectivity index (χ1n) is 13.7. The molecule has 7 nitrogen and oxygen atoms in total. The Labute approximate surface area is 229 Å². The number of ketones is 1. The van der Waals surface area contributed by atoms with Gasteiger partial charge in [0.15, 0.2) is 0 Å². The zero-order valence-electron chi connectivity index (χ0n) is 23.1. The molecule has 0 atom stereocenters. The Morgan fingerprint density at radius 3 is 2.62 bits per heavy atom. The minimum Gasteiger partial charge on any atom is -0.457 e. The van der Waals surface area contributed by atoms with Crippen LogP contribution in [0.15, 0.2) is 54.7 Å². The molecule has 0 unspecified atom stereocenters. The number of hydrogen-bond donors (Lipinski definition) is 1. The molecule has 0 amide bonds. The predicted octanol–water partition coefficient (Wildman–Crippen LogP) is 6.61. The number of Topliss-reactive ketones (excluding diaryl/α,β-unsaturated/α-hetero) is 1. The number of likely N-dealkylation sites (tertiary alicyclic amines) is 1. The molecule has 0 radical (unpaired) electrons. The lowest BCUT2D eigenvalue weighted by atomic mass is 9.90. The third-order valence-corrected chi connectivity index (χ3v) is 7.60. The van der Waals surface area contributed by atoms with E-state index in [0.29, 0.717) is 29.4 Å². The van der Waals surface area contributed by atoms with Gasteiger partial charge in [0.1, 0.15) is 23.1 Å². The number of imidazole rings is 1. The maximum atomic E-state index is 14.1. The molecule has 4 aromatic rings. The van der Waals surface area contributed by atoms with Crippen molar-refractivity contribution in [2.45, 2.75) is 46.0 Å².